The smallest absolute Gasteiger partial charge is 0.249 e. The predicted octanol–water partition coefficient (Wildman–Crippen LogP) is 5.39. The van der Waals surface area contributed by atoms with Gasteiger partial charge in [0.25, 0.3) is 0 Å². The third kappa shape index (κ3) is 5.68. The van der Waals surface area contributed by atoms with Gasteiger partial charge in [0.1, 0.15) is 5.75 Å². The van der Waals surface area contributed by atoms with Gasteiger partial charge in [-0.1, -0.05) is 12.1 Å². The molecule has 1 aliphatic carbocycles. The monoisotopic (exact) mass is 360 g/mol. The number of anilines is 1. The van der Waals surface area contributed by atoms with Crippen molar-refractivity contribution < 1.29 is 13.5 Å². The molecule has 3 rings (SSSR count). The average Bonchev–Trinajstić information content (AvgIpc) is 2.57. The zero-order chi connectivity index (χ0) is 18.6. The number of benzene rings is 1. The first-order chi connectivity index (χ1) is 12.4. The first kappa shape index (κ1) is 18.6. The number of halogens is 2. The third-order valence-electron chi connectivity index (χ3n) is 4.67. The standard InChI is InChI=1S/C21H26F2N2O/c1-15-11-20(14-24-13-15)26-19-9-7-18(8-10-19)25-17-5-3-16(4-6-17)12-21(2,22)23/h3-6,11,13-14,18-19,25H,7-10,12H2,1-2H3. The van der Waals surface area contributed by atoms with E-state index in [1.165, 1.54) is 0 Å². The summed E-state index contributed by atoms with van der Waals surface area (Å²) < 4.78 is 32.2. The summed E-state index contributed by atoms with van der Waals surface area (Å²) in [6.45, 7) is 2.96. The SMILES string of the molecule is Cc1cncc(OC2CCC(Nc3ccc(CC(C)(F)F)cc3)CC2)c1. The van der Waals surface area contributed by atoms with Crippen molar-refractivity contribution in [3.63, 3.8) is 0 Å². The normalized spacial score (nSPS) is 20.6. The van der Waals surface area contributed by atoms with Crippen LogP contribution in [-0.2, 0) is 6.42 Å². The Morgan fingerprint density at radius 1 is 1.12 bits per heavy atom. The van der Waals surface area contributed by atoms with Crippen LogP contribution in [0.5, 0.6) is 5.75 Å². The highest BCUT2D eigenvalue weighted by Gasteiger charge is 2.23. The number of alkyl halides is 2. The van der Waals surface area contributed by atoms with Gasteiger partial charge in [0, 0.05) is 24.3 Å². The molecule has 5 heteroatoms. The number of rotatable bonds is 6. The Morgan fingerprint density at radius 3 is 2.42 bits per heavy atom. The molecule has 140 valence electrons. The summed E-state index contributed by atoms with van der Waals surface area (Å²) in [5.74, 6) is -1.83. The number of aromatic nitrogens is 1. The third-order valence-corrected chi connectivity index (χ3v) is 4.67. The number of nitrogens with one attached hydrogen (secondary N) is 1. The van der Waals surface area contributed by atoms with E-state index in [0.717, 1.165) is 49.6 Å². The maximum Gasteiger partial charge on any atom is 0.249 e. The molecule has 0 radical (unpaired) electrons. The zero-order valence-corrected chi connectivity index (χ0v) is 15.3. The van der Waals surface area contributed by atoms with Gasteiger partial charge in [-0.25, -0.2) is 8.78 Å². The molecule has 0 unspecified atom stereocenters. The molecular formula is C21H26F2N2O. The van der Waals surface area contributed by atoms with Crippen LogP contribution in [0.25, 0.3) is 0 Å². The highest BCUT2D eigenvalue weighted by Crippen LogP contribution is 2.27. The Labute approximate surface area is 153 Å². The van der Waals surface area contributed by atoms with Crippen molar-refractivity contribution in [2.24, 2.45) is 0 Å². The van der Waals surface area contributed by atoms with Gasteiger partial charge in [-0.3, -0.25) is 4.98 Å². The van der Waals surface area contributed by atoms with Crippen LogP contribution in [0.3, 0.4) is 0 Å². The van der Waals surface area contributed by atoms with Crippen molar-refractivity contribution in [3.8, 4) is 5.75 Å². The summed E-state index contributed by atoms with van der Waals surface area (Å²) in [6, 6.07) is 9.74. The molecule has 1 heterocycles. The van der Waals surface area contributed by atoms with Crippen LogP contribution in [0.15, 0.2) is 42.7 Å². The minimum atomic E-state index is -2.67. The Morgan fingerprint density at radius 2 is 1.81 bits per heavy atom. The van der Waals surface area contributed by atoms with Crippen LogP contribution in [0.2, 0.25) is 0 Å². The summed E-state index contributed by atoms with van der Waals surface area (Å²) in [4.78, 5) is 4.17. The van der Waals surface area contributed by atoms with E-state index < -0.39 is 5.92 Å². The fourth-order valence-corrected chi connectivity index (χ4v) is 3.42. The number of pyridine rings is 1. The zero-order valence-electron chi connectivity index (χ0n) is 15.3. The van der Waals surface area contributed by atoms with Crippen LogP contribution in [0, 0.1) is 6.92 Å². The predicted molar refractivity (Wildman–Crippen MR) is 100 cm³/mol. The van der Waals surface area contributed by atoms with Crippen molar-refractivity contribution in [1.29, 1.82) is 0 Å². The van der Waals surface area contributed by atoms with Crippen LogP contribution < -0.4 is 10.1 Å². The van der Waals surface area contributed by atoms with Crippen LogP contribution in [0.4, 0.5) is 14.5 Å². The highest BCUT2D eigenvalue weighted by molar-refractivity contribution is 5.45. The second-order valence-corrected chi connectivity index (χ2v) is 7.38. The Balaban J connectivity index is 1.46. The second-order valence-electron chi connectivity index (χ2n) is 7.38. The van der Waals surface area contributed by atoms with Gasteiger partial charge in [-0.2, -0.15) is 0 Å². The van der Waals surface area contributed by atoms with E-state index in [4.69, 9.17) is 4.74 Å². The lowest BCUT2D eigenvalue weighted by atomic mass is 9.92. The number of nitrogens with zero attached hydrogens (tertiary/aromatic N) is 1. The molecule has 26 heavy (non-hydrogen) atoms. The van der Waals surface area contributed by atoms with Crippen LogP contribution in [-0.4, -0.2) is 23.1 Å². The van der Waals surface area contributed by atoms with E-state index in [9.17, 15) is 8.78 Å². The van der Waals surface area contributed by atoms with Crippen LogP contribution >= 0.6 is 0 Å². The van der Waals surface area contributed by atoms with E-state index in [1.807, 2.05) is 31.3 Å². The number of hydrogen-bond acceptors (Lipinski definition) is 3. The van der Waals surface area contributed by atoms with Gasteiger partial charge in [-0.15, -0.1) is 0 Å². The van der Waals surface area contributed by atoms with E-state index in [1.54, 1.807) is 18.3 Å². The largest absolute Gasteiger partial charge is 0.489 e. The van der Waals surface area contributed by atoms with Gasteiger partial charge >= 0.3 is 0 Å². The Bertz CT molecular complexity index is 705. The minimum Gasteiger partial charge on any atom is -0.489 e. The lowest BCUT2D eigenvalue weighted by Crippen LogP contribution is -2.31. The molecule has 1 aromatic heterocycles. The molecule has 1 saturated carbocycles. The Hall–Kier alpha value is -2.17. The van der Waals surface area contributed by atoms with Crippen LogP contribution in [0.1, 0.15) is 43.7 Å². The minimum absolute atomic E-state index is 0.219. The van der Waals surface area contributed by atoms with Crippen molar-refractivity contribution >= 4 is 5.69 Å². The summed E-state index contributed by atoms with van der Waals surface area (Å²) >= 11 is 0. The Kier molecular flexibility index (Phi) is 5.74. The van der Waals surface area contributed by atoms with Crippen molar-refractivity contribution in [1.82, 2.24) is 4.98 Å². The molecule has 1 fully saturated rings. The molecule has 0 aliphatic heterocycles. The van der Waals surface area contributed by atoms with Gasteiger partial charge in [0.2, 0.25) is 5.92 Å². The summed E-state index contributed by atoms with van der Waals surface area (Å²) in [5.41, 5.74) is 2.74. The lowest BCUT2D eigenvalue weighted by Gasteiger charge is -2.30. The van der Waals surface area contributed by atoms with E-state index in [-0.39, 0.29) is 12.5 Å². The second kappa shape index (κ2) is 8.02. The first-order valence-electron chi connectivity index (χ1n) is 9.19. The molecule has 2 aromatic rings. The molecule has 0 atom stereocenters. The van der Waals surface area contributed by atoms with E-state index in [0.29, 0.717) is 11.6 Å². The maximum absolute atomic E-state index is 13.1. The summed E-state index contributed by atoms with van der Waals surface area (Å²) in [5, 5.41) is 3.51. The molecule has 1 N–H and O–H groups in total. The van der Waals surface area contributed by atoms with Gasteiger partial charge in [-0.05, 0) is 68.9 Å². The van der Waals surface area contributed by atoms with E-state index >= 15 is 0 Å². The molecular weight excluding hydrogens is 334 g/mol. The van der Waals surface area contributed by atoms with Crippen molar-refractivity contribution in [2.75, 3.05) is 5.32 Å². The quantitative estimate of drug-likeness (QED) is 0.750. The molecule has 0 saturated heterocycles. The average molecular weight is 360 g/mol. The summed E-state index contributed by atoms with van der Waals surface area (Å²) in [7, 11) is 0. The van der Waals surface area contributed by atoms with E-state index in [2.05, 4.69) is 10.3 Å². The topological polar surface area (TPSA) is 34.1 Å². The molecule has 0 spiro atoms. The van der Waals surface area contributed by atoms with Gasteiger partial charge in [0.05, 0.1) is 12.3 Å². The first-order valence-corrected chi connectivity index (χ1v) is 9.19. The van der Waals surface area contributed by atoms with Gasteiger partial charge in [0.15, 0.2) is 0 Å². The highest BCUT2D eigenvalue weighted by atomic mass is 19.3. The fraction of sp³-hybridized carbons (Fsp3) is 0.476. The summed E-state index contributed by atoms with van der Waals surface area (Å²) in [6.07, 6.45) is 7.63. The number of aryl methyl sites for hydroxylation is 1. The molecule has 0 amide bonds. The maximum atomic E-state index is 13.1. The number of ether oxygens (including phenoxy) is 1. The fourth-order valence-electron chi connectivity index (χ4n) is 3.42. The van der Waals surface area contributed by atoms with Gasteiger partial charge < -0.3 is 10.1 Å². The van der Waals surface area contributed by atoms with Crippen molar-refractivity contribution in [3.05, 3.63) is 53.9 Å². The van der Waals surface area contributed by atoms with Crippen molar-refractivity contribution in [2.45, 2.75) is 64.0 Å². The molecule has 3 nitrogen and oxygen atoms in total. The number of hydrogen-bond donors (Lipinski definition) is 1. The molecule has 1 aliphatic rings. The lowest BCUT2D eigenvalue weighted by molar-refractivity contribution is 0.0226. The molecule has 1 aromatic carbocycles. The molecule has 0 bridgehead atoms.